The summed E-state index contributed by atoms with van der Waals surface area (Å²) in [5.41, 5.74) is 0.0176. The van der Waals surface area contributed by atoms with Gasteiger partial charge in [0.25, 0.3) is 0 Å². The molecular weight excluding hydrogens is 188 g/mol. The number of hydrogen-bond acceptors (Lipinski definition) is 2. The number of hydrogen-bond donors (Lipinski definition) is 2. The summed E-state index contributed by atoms with van der Waals surface area (Å²) in [6, 6.07) is 0.458. The normalized spacial score (nSPS) is 25.1. The number of carbonyl (C=O) groups excluding carboxylic acids is 1. The van der Waals surface area contributed by atoms with Gasteiger partial charge in [-0.25, -0.2) is 0 Å². The molecule has 1 amide bonds. The lowest BCUT2D eigenvalue weighted by atomic mass is 10.1. The lowest BCUT2D eigenvalue weighted by Crippen LogP contribution is -2.44. The lowest BCUT2D eigenvalue weighted by Gasteiger charge is -2.20. The smallest absolute Gasteiger partial charge is 0.234 e. The first-order valence-corrected chi connectivity index (χ1v) is 5.97. The summed E-state index contributed by atoms with van der Waals surface area (Å²) in [5, 5.41) is 6.25. The molecule has 1 saturated carbocycles. The zero-order valence-electron chi connectivity index (χ0n) is 10.4. The minimum absolute atomic E-state index is 0.0176. The largest absolute Gasteiger partial charge is 0.352 e. The van der Waals surface area contributed by atoms with Gasteiger partial charge in [-0.2, -0.15) is 0 Å². The van der Waals surface area contributed by atoms with E-state index in [1.165, 1.54) is 19.3 Å². The van der Waals surface area contributed by atoms with Crippen molar-refractivity contribution in [1.82, 2.24) is 10.6 Å². The Labute approximate surface area is 93.0 Å². The van der Waals surface area contributed by atoms with E-state index in [4.69, 9.17) is 0 Å². The third kappa shape index (κ3) is 5.17. The summed E-state index contributed by atoms with van der Waals surface area (Å²) in [7, 11) is 0. The second-order valence-electron chi connectivity index (χ2n) is 5.56. The maximum Gasteiger partial charge on any atom is 0.234 e. The van der Waals surface area contributed by atoms with Crippen LogP contribution in [0.4, 0.5) is 0 Å². The molecule has 0 aliphatic heterocycles. The third-order valence-electron chi connectivity index (χ3n) is 2.71. The van der Waals surface area contributed by atoms with Crippen LogP contribution >= 0.6 is 0 Å². The summed E-state index contributed by atoms with van der Waals surface area (Å²) in [6.45, 7) is 8.82. The minimum atomic E-state index is 0.0176. The highest BCUT2D eigenvalue weighted by atomic mass is 16.2. The van der Waals surface area contributed by atoms with Crippen molar-refractivity contribution < 1.29 is 4.79 Å². The van der Waals surface area contributed by atoms with Gasteiger partial charge in [-0.15, -0.1) is 0 Å². The molecule has 0 radical (unpaired) electrons. The summed E-state index contributed by atoms with van der Waals surface area (Å²) >= 11 is 0. The first kappa shape index (κ1) is 12.5. The predicted octanol–water partition coefficient (Wildman–Crippen LogP) is 1.68. The van der Waals surface area contributed by atoms with Crippen molar-refractivity contribution in [3.63, 3.8) is 0 Å². The second kappa shape index (κ2) is 4.97. The first-order valence-electron chi connectivity index (χ1n) is 5.97. The molecule has 0 bridgehead atoms. The molecule has 0 aromatic carbocycles. The standard InChI is InChI=1S/C12H24N2O/c1-5-6-9-7-10(9)14-11(15)8-13-12(2,3)4/h9-10,13H,5-8H2,1-4H3,(H,14,15). The van der Waals surface area contributed by atoms with Gasteiger partial charge in [0.2, 0.25) is 5.91 Å². The molecule has 1 rings (SSSR count). The summed E-state index contributed by atoms with van der Waals surface area (Å²) in [6.07, 6.45) is 3.64. The summed E-state index contributed by atoms with van der Waals surface area (Å²) in [5.74, 6) is 0.877. The molecule has 88 valence electrons. The van der Waals surface area contributed by atoms with Crippen molar-refractivity contribution in [2.75, 3.05) is 6.54 Å². The lowest BCUT2D eigenvalue weighted by molar-refractivity contribution is -0.120. The van der Waals surface area contributed by atoms with E-state index in [1.807, 2.05) is 0 Å². The third-order valence-corrected chi connectivity index (χ3v) is 2.71. The van der Waals surface area contributed by atoms with Crippen LogP contribution in [-0.4, -0.2) is 24.0 Å². The number of rotatable bonds is 5. The molecule has 2 unspecified atom stereocenters. The van der Waals surface area contributed by atoms with Gasteiger partial charge in [0.15, 0.2) is 0 Å². The van der Waals surface area contributed by atoms with E-state index in [0.717, 1.165) is 5.92 Å². The maximum absolute atomic E-state index is 11.5. The molecule has 3 heteroatoms. The monoisotopic (exact) mass is 212 g/mol. The highest BCUT2D eigenvalue weighted by Crippen LogP contribution is 2.34. The van der Waals surface area contributed by atoms with Gasteiger partial charge in [-0.1, -0.05) is 13.3 Å². The van der Waals surface area contributed by atoms with Crippen molar-refractivity contribution in [2.24, 2.45) is 5.92 Å². The van der Waals surface area contributed by atoms with Crippen LogP contribution in [0.25, 0.3) is 0 Å². The van der Waals surface area contributed by atoms with Crippen LogP contribution in [0.15, 0.2) is 0 Å². The Bertz CT molecular complexity index is 220. The molecule has 2 atom stereocenters. The van der Waals surface area contributed by atoms with Crippen LogP contribution in [0.2, 0.25) is 0 Å². The summed E-state index contributed by atoms with van der Waals surface area (Å²) in [4.78, 5) is 11.5. The van der Waals surface area contributed by atoms with Gasteiger partial charge in [0, 0.05) is 11.6 Å². The molecule has 0 spiro atoms. The van der Waals surface area contributed by atoms with E-state index in [1.54, 1.807) is 0 Å². The van der Waals surface area contributed by atoms with Crippen LogP contribution in [0, 0.1) is 5.92 Å². The fourth-order valence-electron chi connectivity index (χ4n) is 1.72. The SMILES string of the molecule is CCCC1CC1NC(=O)CNC(C)(C)C. The number of nitrogens with one attached hydrogen (secondary N) is 2. The molecule has 1 aliphatic carbocycles. The quantitative estimate of drug-likeness (QED) is 0.728. The maximum atomic E-state index is 11.5. The minimum Gasteiger partial charge on any atom is -0.352 e. The zero-order valence-corrected chi connectivity index (χ0v) is 10.4. The van der Waals surface area contributed by atoms with E-state index in [9.17, 15) is 4.79 Å². The molecule has 0 aromatic heterocycles. The van der Waals surface area contributed by atoms with E-state index >= 15 is 0 Å². The molecule has 0 saturated heterocycles. The Morgan fingerprint density at radius 1 is 1.40 bits per heavy atom. The molecule has 3 nitrogen and oxygen atoms in total. The van der Waals surface area contributed by atoms with Gasteiger partial charge >= 0.3 is 0 Å². The van der Waals surface area contributed by atoms with Crippen LogP contribution in [-0.2, 0) is 4.79 Å². The Morgan fingerprint density at radius 3 is 2.60 bits per heavy atom. The molecule has 0 aromatic rings. The van der Waals surface area contributed by atoms with Gasteiger partial charge < -0.3 is 10.6 Å². The highest BCUT2D eigenvalue weighted by molar-refractivity contribution is 5.78. The van der Waals surface area contributed by atoms with E-state index in [-0.39, 0.29) is 11.4 Å². The van der Waals surface area contributed by atoms with Crippen LogP contribution in [0.5, 0.6) is 0 Å². The average molecular weight is 212 g/mol. The molecule has 1 fully saturated rings. The van der Waals surface area contributed by atoms with Crippen molar-refractivity contribution in [3.8, 4) is 0 Å². The fourth-order valence-corrected chi connectivity index (χ4v) is 1.72. The van der Waals surface area contributed by atoms with E-state index in [2.05, 4.69) is 38.3 Å². The summed E-state index contributed by atoms with van der Waals surface area (Å²) < 4.78 is 0. The van der Waals surface area contributed by atoms with Crippen LogP contribution < -0.4 is 10.6 Å². The van der Waals surface area contributed by atoms with E-state index < -0.39 is 0 Å². The Kier molecular flexibility index (Phi) is 4.14. The van der Waals surface area contributed by atoms with Crippen LogP contribution in [0.3, 0.4) is 0 Å². The zero-order chi connectivity index (χ0) is 11.5. The fraction of sp³-hybridized carbons (Fsp3) is 0.917. The Balaban J connectivity index is 2.10. The van der Waals surface area contributed by atoms with Crippen molar-refractivity contribution in [2.45, 2.75) is 58.5 Å². The molecule has 15 heavy (non-hydrogen) atoms. The second-order valence-corrected chi connectivity index (χ2v) is 5.56. The molecule has 0 heterocycles. The predicted molar refractivity (Wildman–Crippen MR) is 62.7 cm³/mol. The first-order chi connectivity index (χ1) is 6.92. The van der Waals surface area contributed by atoms with Crippen molar-refractivity contribution >= 4 is 5.91 Å². The van der Waals surface area contributed by atoms with Gasteiger partial charge in [-0.05, 0) is 39.5 Å². The molecular formula is C12H24N2O. The Hall–Kier alpha value is -0.570. The number of carbonyl (C=O) groups is 1. The molecule has 1 aliphatic rings. The average Bonchev–Trinajstić information content (AvgIpc) is 2.80. The number of amides is 1. The van der Waals surface area contributed by atoms with Gasteiger partial charge in [0.05, 0.1) is 6.54 Å². The molecule has 2 N–H and O–H groups in total. The van der Waals surface area contributed by atoms with Crippen molar-refractivity contribution in [1.29, 1.82) is 0 Å². The highest BCUT2D eigenvalue weighted by Gasteiger charge is 2.36. The van der Waals surface area contributed by atoms with Gasteiger partial charge in [0.1, 0.15) is 0 Å². The van der Waals surface area contributed by atoms with Crippen LogP contribution in [0.1, 0.15) is 47.0 Å². The van der Waals surface area contributed by atoms with Crippen molar-refractivity contribution in [3.05, 3.63) is 0 Å². The Morgan fingerprint density at radius 2 is 2.07 bits per heavy atom. The van der Waals surface area contributed by atoms with E-state index in [0.29, 0.717) is 12.6 Å². The topological polar surface area (TPSA) is 41.1 Å². The van der Waals surface area contributed by atoms with Gasteiger partial charge in [-0.3, -0.25) is 4.79 Å².